The predicted molar refractivity (Wildman–Crippen MR) is 103 cm³/mol. The van der Waals surface area contributed by atoms with Crippen molar-refractivity contribution < 1.29 is 4.74 Å². The van der Waals surface area contributed by atoms with E-state index in [2.05, 4.69) is 45.7 Å². The molecule has 2 aromatic rings. The van der Waals surface area contributed by atoms with E-state index in [-0.39, 0.29) is 6.10 Å². The second-order valence-electron chi connectivity index (χ2n) is 6.33. The lowest BCUT2D eigenvalue weighted by molar-refractivity contribution is 0.239. The van der Waals surface area contributed by atoms with Crippen LogP contribution in [0.5, 0.6) is 5.75 Å². The number of guanidine groups is 1. The smallest absolute Gasteiger partial charge is 0.191 e. The number of rotatable bonds is 6. The third kappa shape index (κ3) is 6.10. The summed E-state index contributed by atoms with van der Waals surface area (Å²) in [6.07, 6.45) is 0.144. The molecule has 1 heterocycles. The third-order valence-corrected chi connectivity index (χ3v) is 3.64. The number of nitrogens with zero attached hydrogens (tertiary/aromatic N) is 2. The number of aromatic nitrogens is 1. The zero-order valence-electron chi connectivity index (χ0n) is 15.8. The van der Waals surface area contributed by atoms with E-state index in [1.807, 2.05) is 39.0 Å². The fraction of sp³-hybridized carbons (Fsp3) is 0.400. The molecule has 134 valence electrons. The fourth-order valence-corrected chi connectivity index (χ4v) is 2.44. The molecule has 1 aromatic carbocycles. The average Bonchev–Trinajstić information content (AvgIpc) is 2.56. The lowest BCUT2D eigenvalue weighted by atomic mass is 10.1. The van der Waals surface area contributed by atoms with Gasteiger partial charge in [0.2, 0.25) is 0 Å². The topological polar surface area (TPSA) is 58.5 Å². The Morgan fingerprint density at radius 1 is 1.12 bits per heavy atom. The summed E-state index contributed by atoms with van der Waals surface area (Å²) in [6, 6.07) is 12.3. The molecule has 0 atom stereocenters. The van der Waals surface area contributed by atoms with Crippen LogP contribution in [0, 0.1) is 13.8 Å². The molecule has 0 fully saturated rings. The Hall–Kier alpha value is -2.56. The van der Waals surface area contributed by atoms with Gasteiger partial charge in [-0.25, -0.2) is 0 Å². The van der Waals surface area contributed by atoms with Crippen LogP contribution in [0.4, 0.5) is 0 Å². The normalized spacial score (nSPS) is 11.5. The first-order chi connectivity index (χ1) is 12.0. The zero-order valence-corrected chi connectivity index (χ0v) is 15.8. The molecule has 0 spiro atoms. The third-order valence-electron chi connectivity index (χ3n) is 3.64. The number of hydrogen-bond donors (Lipinski definition) is 2. The molecule has 25 heavy (non-hydrogen) atoms. The van der Waals surface area contributed by atoms with Crippen molar-refractivity contribution >= 4 is 5.96 Å². The largest absolute Gasteiger partial charge is 0.491 e. The summed E-state index contributed by atoms with van der Waals surface area (Å²) in [4.78, 5) is 8.76. The van der Waals surface area contributed by atoms with Crippen molar-refractivity contribution in [3.63, 3.8) is 0 Å². The van der Waals surface area contributed by atoms with Gasteiger partial charge in [0.25, 0.3) is 0 Å². The molecule has 0 radical (unpaired) electrons. The SMILES string of the molecule is CN=C(NCc1cccc(C)n1)NCc1ccc(C)cc1OC(C)C. The molecular formula is C20H28N4O. The Kier molecular flexibility index (Phi) is 6.81. The fourth-order valence-electron chi connectivity index (χ4n) is 2.44. The molecule has 0 amide bonds. The second-order valence-corrected chi connectivity index (χ2v) is 6.33. The maximum atomic E-state index is 5.92. The van der Waals surface area contributed by atoms with Gasteiger partial charge in [-0.1, -0.05) is 18.2 Å². The molecule has 2 N–H and O–H groups in total. The molecule has 0 bridgehead atoms. The van der Waals surface area contributed by atoms with Crippen LogP contribution in [-0.4, -0.2) is 24.1 Å². The van der Waals surface area contributed by atoms with E-state index in [0.29, 0.717) is 13.1 Å². The average molecular weight is 340 g/mol. The number of aliphatic imine (C=N–C) groups is 1. The van der Waals surface area contributed by atoms with Crippen LogP contribution in [0.1, 0.15) is 36.4 Å². The quantitative estimate of drug-likeness (QED) is 0.625. The van der Waals surface area contributed by atoms with E-state index in [1.54, 1.807) is 7.05 Å². The maximum Gasteiger partial charge on any atom is 0.191 e. The summed E-state index contributed by atoms with van der Waals surface area (Å²) < 4.78 is 5.92. The van der Waals surface area contributed by atoms with Crippen LogP contribution in [0.2, 0.25) is 0 Å². The number of benzene rings is 1. The zero-order chi connectivity index (χ0) is 18.2. The molecule has 0 aliphatic carbocycles. The van der Waals surface area contributed by atoms with E-state index in [0.717, 1.165) is 28.7 Å². The summed E-state index contributed by atoms with van der Waals surface area (Å²) in [5.41, 5.74) is 4.29. The molecule has 0 aliphatic heterocycles. The molecule has 5 nitrogen and oxygen atoms in total. The van der Waals surface area contributed by atoms with Gasteiger partial charge in [0.05, 0.1) is 18.3 Å². The predicted octanol–water partition coefficient (Wildman–Crippen LogP) is 3.35. The van der Waals surface area contributed by atoms with Gasteiger partial charge < -0.3 is 15.4 Å². The van der Waals surface area contributed by atoms with E-state index >= 15 is 0 Å². The van der Waals surface area contributed by atoms with Gasteiger partial charge in [-0.2, -0.15) is 0 Å². The van der Waals surface area contributed by atoms with Crippen LogP contribution in [-0.2, 0) is 13.1 Å². The lowest BCUT2D eigenvalue weighted by Gasteiger charge is -2.17. The first-order valence-electron chi connectivity index (χ1n) is 8.61. The highest BCUT2D eigenvalue weighted by Gasteiger charge is 2.07. The Bertz CT molecular complexity index is 725. The van der Waals surface area contributed by atoms with E-state index < -0.39 is 0 Å². The highest BCUT2D eigenvalue weighted by atomic mass is 16.5. The minimum absolute atomic E-state index is 0.144. The number of hydrogen-bond acceptors (Lipinski definition) is 3. The van der Waals surface area contributed by atoms with Crippen molar-refractivity contribution in [2.24, 2.45) is 4.99 Å². The maximum absolute atomic E-state index is 5.92. The highest BCUT2D eigenvalue weighted by molar-refractivity contribution is 5.79. The first-order valence-corrected chi connectivity index (χ1v) is 8.61. The van der Waals surface area contributed by atoms with Crippen molar-refractivity contribution in [1.29, 1.82) is 0 Å². The van der Waals surface area contributed by atoms with Gasteiger partial charge in [0.1, 0.15) is 5.75 Å². The van der Waals surface area contributed by atoms with E-state index in [4.69, 9.17) is 4.74 Å². The monoisotopic (exact) mass is 340 g/mol. The van der Waals surface area contributed by atoms with E-state index in [9.17, 15) is 0 Å². The molecule has 2 rings (SSSR count). The Morgan fingerprint density at radius 2 is 1.88 bits per heavy atom. The van der Waals surface area contributed by atoms with Crippen molar-refractivity contribution in [2.75, 3.05) is 7.05 Å². The van der Waals surface area contributed by atoms with Gasteiger partial charge >= 0.3 is 0 Å². The first kappa shape index (κ1) is 18.8. The van der Waals surface area contributed by atoms with Gasteiger partial charge in [0.15, 0.2) is 5.96 Å². The number of pyridine rings is 1. The molecule has 1 aromatic heterocycles. The summed E-state index contributed by atoms with van der Waals surface area (Å²) in [7, 11) is 1.76. The van der Waals surface area contributed by atoms with Gasteiger partial charge in [-0.3, -0.25) is 9.98 Å². The van der Waals surface area contributed by atoms with Crippen molar-refractivity contribution in [1.82, 2.24) is 15.6 Å². The van der Waals surface area contributed by atoms with Crippen LogP contribution >= 0.6 is 0 Å². The number of aryl methyl sites for hydroxylation is 2. The number of nitrogens with one attached hydrogen (secondary N) is 2. The lowest BCUT2D eigenvalue weighted by Crippen LogP contribution is -2.36. The second kappa shape index (κ2) is 9.06. The van der Waals surface area contributed by atoms with Crippen LogP contribution < -0.4 is 15.4 Å². The summed E-state index contributed by atoms with van der Waals surface area (Å²) in [5, 5.41) is 6.63. The standard InChI is InChI=1S/C20H28N4O/c1-14(2)25-19-11-15(3)9-10-17(19)12-22-20(21-5)23-13-18-8-6-7-16(4)24-18/h6-11,14H,12-13H2,1-5H3,(H2,21,22,23). The van der Waals surface area contributed by atoms with Crippen LogP contribution in [0.25, 0.3) is 0 Å². The summed E-state index contributed by atoms with van der Waals surface area (Å²) >= 11 is 0. The minimum atomic E-state index is 0.144. The van der Waals surface area contributed by atoms with Gasteiger partial charge in [-0.15, -0.1) is 0 Å². The number of ether oxygens (including phenoxy) is 1. The van der Waals surface area contributed by atoms with E-state index in [1.165, 1.54) is 5.56 Å². The molecule has 0 saturated carbocycles. The van der Waals surface area contributed by atoms with Crippen molar-refractivity contribution in [3.05, 3.63) is 58.9 Å². The molecule has 0 aliphatic rings. The van der Waals surface area contributed by atoms with Crippen molar-refractivity contribution in [3.8, 4) is 5.75 Å². The van der Waals surface area contributed by atoms with Gasteiger partial charge in [-0.05, 0) is 51.5 Å². The Labute approximate surface area is 150 Å². The highest BCUT2D eigenvalue weighted by Crippen LogP contribution is 2.21. The minimum Gasteiger partial charge on any atom is -0.491 e. The van der Waals surface area contributed by atoms with Gasteiger partial charge in [0, 0.05) is 24.8 Å². The van der Waals surface area contributed by atoms with Crippen LogP contribution in [0.3, 0.4) is 0 Å². The Balaban J connectivity index is 1.96. The molecule has 0 saturated heterocycles. The Morgan fingerprint density at radius 3 is 2.56 bits per heavy atom. The summed E-state index contributed by atoms with van der Waals surface area (Å²) in [6.45, 7) is 9.40. The molecular weight excluding hydrogens is 312 g/mol. The molecule has 5 heteroatoms. The molecule has 0 unspecified atom stereocenters. The van der Waals surface area contributed by atoms with Crippen LogP contribution in [0.15, 0.2) is 41.4 Å². The van der Waals surface area contributed by atoms with Crippen molar-refractivity contribution in [2.45, 2.75) is 46.9 Å². The summed E-state index contributed by atoms with van der Waals surface area (Å²) in [5.74, 6) is 1.65.